The van der Waals surface area contributed by atoms with E-state index in [1.807, 2.05) is 62.4 Å². The van der Waals surface area contributed by atoms with Crippen LogP contribution >= 0.6 is 15.9 Å². The normalized spacial score (nSPS) is 11.7. The summed E-state index contributed by atoms with van der Waals surface area (Å²) in [5, 5.41) is 8.88. The van der Waals surface area contributed by atoms with Gasteiger partial charge >= 0.3 is 0 Å². The Kier molecular flexibility index (Phi) is 7.21. The molecule has 0 saturated heterocycles. The molecule has 0 fully saturated rings. The summed E-state index contributed by atoms with van der Waals surface area (Å²) >= 11 is 3.37. The molecule has 0 aromatic heterocycles. The van der Waals surface area contributed by atoms with Gasteiger partial charge < -0.3 is 16.0 Å². The largest absolute Gasteiger partial charge is 0.374 e. The molecule has 0 radical (unpaired) electrons. The first-order valence-electron chi connectivity index (χ1n) is 8.56. The molecule has 0 unspecified atom stereocenters. The number of anilines is 3. The van der Waals surface area contributed by atoms with Crippen molar-refractivity contribution in [3.05, 3.63) is 53.0 Å². The molecular weight excluding hydrogens is 394 g/mol. The fourth-order valence-corrected chi connectivity index (χ4v) is 2.60. The molecule has 0 heterocycles. The summed E-state index contributed by atoms with van der Waals surface area (Å²) in [7, 11) is 0. The Morgan fingerprint density at radius 1 is 0.846 bits per heavy atom. The van der Waals surface area contributed by atoms with Gasteiger partial charge in [-0.05, 0) is 61.4 Å². The number of benzene rings is 2. The zero-order valence-corrected chi connectivity index (χ0v) is 16.8. The highest BCUT2D eigenvalue weighted by molar-refractivity contribution is 9.10. The van der Waals surface area contributed by atoms with Gasteiger partial charge in [0.2, 0.25) is 11.8 Å². The Labute approximate surface area is 162 Å². The Morgan fingerprint density at radius 3 is 1.92 bits per heavy atom. The molecule has 2 rings (SSSR count). The van der Waals surface area contributed by atoms with E-state index in [2.05, 4.69) is 31.9 Å². The van der Waals surface area contributed by atoms with Gasteiger partial charge in [0.05, 0.1) is 0 Å². The average molecular weight is 418 g/mol. The number of amides is 2. The number of carbonyl (C=O) groups excluding carboxylic acids is 2. The SMILES string of the molecule is CC(C)CC(=O)Nc1ccc(N[C@H](C)C(=O)Nc2ccc(Br)cc2)cc1. The van der Waals surface area contributed by atoms with E-state index in [-0.39, 0.29) is 11.8 Å². The van der Waals surface area contributed by atoms with Gasteiger partial charge in [-0.3, -0.25) is 9.59 Å². The monoisotopic (exact) mass is 417 g/mol. The molecule has 138 valence electrons. The van der Waals surface area contributed by atoms with Gasteiger partial charge in [-0.15, -0.1) is 0 Å². The van der Waals surface area contributed by atoms with Crippen LogP contribution in [0.1, 0.15) is 27.2 Å². The number of hydrogen-bond donors (Lipinski definition) is 3. The molecule has 2 aromatic carbocycles. The van der Waals surface area contributed by atoms with Crippen molar-refractivity contribution in [1.82, 2.24) is 0 Å². The van der Waals surface area contributed by atoms with E-state index in [9.17, 15) is 9.59 Å². The van der Waals surface area contributed by atoms with Crippen molar-refractivity contribution >= 4 is 44.8 Å². The molecule has 6 heteroatoms. The molecule has 26 heavy (non-hydrogen) atoms. The predicted octanol–water partition coefficient (Wildman–Crippen LogP) is 4.87. The fraction of sp³-hybridized carbons (Fsp3) is 0.300. The van der Waals surface area contributed by atoms with Crippen LogP contribution in [-0.2, 0) is 9.59 Å². The minimum Gasteiger partial charge on any atom is -0.374 e. The third kappa shape index (κ3) is 6.52. The van der Waals surface area contributed by atoms with Crippen LogP contribution in [-0.4, -0.2) is 17.9 Å². The van der Waals surface area contributed by atoms with Crippen molar-refractivity contribution in [2.45, 2.75) is 33.2 Å². The van der Waals surface area contributed by atoms with Crippen molar-refractivity contribution in [2.24, 2.45) is 5.92 Å². The highest BCUT2D eigenvalue weighted by atomic mass is 79.9. The Balaban J connectivity index is 1.88. The lowest BCUT2D eigenvalue weighted by atomic mass is 10.1. The van der Waals surface area contributed by atoms with Crippen molar-refractivity contribution < 1.29 is 9.59 Å². The standard InChI is InChI=1S/C20H24BrN3O2/c1-13(2)12-19(25)23-17-10-8-16(9-11-17)22-14(3)20(26)24-18-6-4-15(21)5-7-18/h4-11,13-14,22H,12H2,1-3H3,(H,23,25)(H,24,26)/t14-/m1/s1. The molecule has 0 bridgehead atoms. The van der Waals surface area contributed by atoms with E-state index in [4.69, 9.17) is 0 Å². The van der Waals surface area contributed by atoms with Crippen LogP contribution in [0.15, 0.2) is 53.0 Å². The quantitative estimate of drug-likeness (QED) is 0.601. The lowest BCUT2D eigenvalue weighted by molar-refractivity contribution is -0.117. The maximum Gasteiger partial charge on any atom is 0.246 e. The predicted molar refractivity (Wildman–Crippen MR) is 110 cm³/mol. The Morgan fingerprint density at radius 2 is 1.35 bits per heavy atom. The molecule has 3 N–H and O–H groups in total. The minimum atomic E-state index is -0.403. The summed E-state index contributed by atoms with van der Waals surface area (Å²) < 4.78 is 0.960. The third-order valence-electron chi connectivity index (χ3n) is 3.65. The van der Waals surface area contributed by atoms with Gasteiger partial charge in [0.25, 0.3) is 0 Å². The van der Waals surface area contributed by atoms with E-state index < -0.39 is 6.04 Å². The summed E-state index contributed by atoms with van der Waals surface area (Å²) in [5.74, 6) is 0.200. The van der Waals surface area contributed by atoms with Crippen LogP contribution < -0.4 is 16.0 Å². The van der Waals surface area contributed by atoms with Gasteiger partial charge in [0.1, 0.15) is 6.04 Å². The number of nitrogens with one attached hydrogen (secondary N) is 3. The third-order valence-corrected chi connectivity index (χ3v) is 4.18. The van der Waals surface area contributed by atoms with Crippen molar-refractivity contribution in [2.75, 3.05) is 16.0 Å². The smallest absolute Gasteiger partial charge is 0.246 e. The Hall–Kier alpha value is -2.34. The second kappa shape index (κ2) is 9.38. The lowest BCUT2D eigenvalue weighted by Gasteiger charge is -2.16. The van der Waals surface area contributed by atoms with Crippen LogP contribution in [0.3, 0.4) is 0 Å². The molecule has 0 spiro atoms. The molecule has 0 aliphatic heterocycles. The summed E-state index contributed by atoms with van der Waals surface area (Å²) in [6.45, 7) is 5.81. The minimum absolute atomic E-state index is 0.00273. The second-order valence-electron chi connectivity index (χ2n) is 6.59. The summed E-state index contributed by atoms with van der Waals surface area (Å²) in [6.07, 6.45) is 0.493. The first kappa shape index (κ1) is 20.0. The van der Waals surface area contributed by atoms with Crippen LogP contribution in [0.4, 0.5) is 17.1 Å². The maximum absolute atomic E-state index is 12.3. The molecule has 2 amide bonds. The molecule has 0 saturated carbocycles. The van der Waals surface area contributed by atoms with Crippen molar-refractivity contribution in [1.29, 1.82) is 0 Å². The average Bonchev–Trinajstić information content (AvgIpc) is 2.58. The van der Waals surface area contributed by atoms with Crippen LogP contribution in [0, 0.1) is 5.92 Å². The maximum atomic E-state index is 12.3. The molecule has 2 aromatic rings. The summed E-state index contributed by atoms with van der Waals surface area (Å²) in [4.78, 5) is 24.1. The topological polar surface area (TPSA) is 70.2 Å². The van der Waals surface area contributed by atoms with Gasteiger partial charge in [0.15, 0.2) is 0 Å². The molecule has 0 aliphatic carbocycles. The van der Waals surface area contributed by atoms with Gasteiger partial charge in [-0.2, -0.15) is 0 Å². The van der Waals surface area contributed by atoms with Gasteiger partial charge in [-0.1, -0.05) is 29.8 Å². The van der Waals surface area contributed by atoms with E-state index in [1.54, 1.807) is 6.92 Å². The zero-order valence-electron chi connectivity index (χ0n) is 15.2. The summed E-state index contributed by atoms with van der Waals surface area (Å²) in [5.41, 5.74) is 2.30. The molecule has 0 aliphatic rings. The van der Waals surface area contributed by atoms with Crippen LogP contribution in [0.5, 0.6) is 0 Å². The van der Waals surface area contributed by atoms with Crippen molar-refractivity contribution in [3.8, 4) is 0 Å². The van der Waals surface area contributed by atoms with Crippen LogP contribution in [0.25, 0.3) is 0 Å². The first-order valence-corrected chi connectivity index (χ1v) is 9.35. The first-order chi connectivity index (χ1) is 12.3. The van der Waals surface area contributed by atoms with E-state index in [0.717, 1.165) is 21.5 Å². The molecular formula is C20H24BrN3O2. The molecule has 5 nitrogen and oxygen atoms in total. The van der Waals surface area contributed by atoms with Gasteiger partial charge in [-0.25, -0.2) is 0 Å². The van der Waals surface area contributed by atoms with Gasteiger partial charge in [0, 0.05) is 28.0 Å². The summed E-state index contributed by atoms with van der Waals surface area (Å²) in [6, 6.07) is 14.3. The lowest BCUT2D eigenvalue weighted by Crippen LogP contribution is -2.31. The van der Waals surface area contributed by atoms with E-state index >= 15 is 0 Å². The zero-order chi connectivity index (χ0) is 19.1. The number of rotatable bonds is 7. The Bertz CT molecular complexity index is 743. The van der Waals surface area contributed by atoms with E-state index in [0.29, 0.717) is 12.3 Å². The number of hydrogen-bond acceptors (Lipinski definition) is 3. The van der Waals surface area contributed by atoms with Crippen LogP contribution in [0.2, 0.25) is 0 Å². The van der Waals surface area contributed by atoms with E-state index in [1.165, 1.54) is 0 Å². The van der Waals surface area contributed by atoms with Crippen molar-refractivity contribution in [3.63, 3.8) is 0 Å². The fourth-order valence-electron chi connectivity index (χ4n) is 2.33. The molecule has 1 atom stereocenters. The highest BCUT2D eigenvalue weighted by Crippen LogP contribution is 2.17. The number of halogens is 1. The second-order valence-corrected chi connectivity index (χ2v) is 7.50. The number of carbonyl (C=O) groups is 2. The highest BCUT2D eigenvalue weighted by Gasteiger charge is 2.13.